The topological polar surface area (TPSA) is 32.6 Å². The molecule has 0 unspecified atom stereocenters. The highest BCUT2D eigenvalue weighted by Gasteiger charge is 2.01. The van der Waals surface area contributed by atoms with Crippen LogP contribution in [-0.4, -0.2) is 10.9 Å². The molecule has 1 aromatic carbocycles. The summed E-state index contributed by atoms with van der Waals surface area (Å²) < 4.78 is 0. The Morgan fingerprint density at radius 2 is 2.00 bits per heavy atom. The van der Waals surface area contributed by atoms with Crippen molar-refractivity contribution in [2.75, 3.05) is 0 Å². The second kappa shape index (κ2) is 3.39. The van der Waals surface area contributed by atoms with Gasteiger partial charge in [-0.25, -0.2) is 0 Å². The van der Waals surface area contributed by atoms with Crippen molar-refractivity contribution in [3.8, 4) is 0 Å². The molecule has 0 radical (unpaired) electrons. The van der Waals surface area contributed by atoms with Gasteiger partial charge in [-0.15, -0.1) is 0 Å². The molecule has 0 bridgehead atoms. The fourth-order valence-corrected chi connectivity index (χ4v) is 1.27. The van der Waals surface area contributed by atoms with Gasteiger partial charge in [-0.05, 0) is 26.3 Å². The van der Waals surface area contributed by atoms with Crippen LogP contribution >= 0.6 is 0 Å². The van der Waals surface area contributed by atoms with Crippen molar-refractivity contribution in [2.45, 2.75) is 20.8 Å². The lowest BCUT2D eigenvalue weighted by Crippen LogP contribution is -1.97. The van der Waals surface area contributed by atoms with Gasteiger partial charge in [-0.2, -0.15) is 0 Å². The molecule has 0 saturated heterocycles. The van der Waals surface area contributed by atoms with Crippen LogP contribution in [0.4, 0.5) is 0 Å². The number of hydrogen-bond donors (Lipinski definition) is 1. The Hall–Kier alpha value is -1.31. The van der Waals surface area contributed by atoms with E-state index in [-0.39, 0.29) is 0 Å². The van der Waals surface area contributed by atoms with Gasteiger partial charge in [0, 0.05) is 5.56 Å². The summed E-state index contributed by atoms with van der Waals surface area (Å²) in [6.45, 7) is 5.84. The standard InChI is InChI=1S/C10H13NO/c1-7-4-5-10(8(2)6-7)9(3)11-12/h4-6,12H,1-3H3/b11-9+. The van der Waals surface area contributed by atoms with E-state index in [9.17, 15) is 0 Å². The van der Waals surface area contributed by atoms with E-state index in [2.05, 4.69) is 11.2 Å². The Morgan fingerprint density at radius 3 is 2.50 bits per heavy atom. The summed E-state index contributed by atoms with van der Waals surface area (Å²) in [5.41, 5.74) is 4.03. The normalized spacial score (nSPS) is 11.8. The van der Waals surface area contributed by atoms with Gasteiger partial charge in [-0.3, -0.25) is 0 Å². The Kier molecular flexibility index (Phi) is 2.48. The Bertz CT molecular complexity index is 316. The molecule has 0 aliphatic rings. The zero-order valence-corrected chi connectivity index (χ0v) is 7.63. The molecule has 0 atom stereocenters. The molecule has 1 rings (SSSR count). The maximum absolute atomic E-state index is 8.57. The minimum absolute atomic E-state index is 0.660. The van der Waals surface area contributed by atoms with Gasteiger partial charge in [0.1, 0.15) is 0 Å². The Balaban J connectivity index is 3.18. The predicted molar refractivity (Wildman–Crippen MR) is 49.9 cm³/mol. The highest BCUT2D eigenvalue weighted by molar-refractivity contribution is 5.99. The molecule has 64 valence electrons. The minimum atomic E-state index is 0.660. The van der Waals surface area contributed by atoms with Crippen molar-refractivity contribution in [2.24, 2.45) is 5.16 Å². The van der Waals surface area contributed by atoms with Gasteiger partial charge in [0.05, 0.1) is 5.71 Å². The molecule has 0 aliphatic carbocycles. The number of rotatable bonds is 1. The Morgan fingerprint density at radius 1 is 1.33 bits per heavy atom. The van der Waals surface area contributed by atoms with Gasteiger partial charge >= 0.3 is 0 Å². The van der Waals surface area contributed by atoms with Crippen LogP contribution < -0.4 is 0 Å². The third kappa shape index (κ3) is 1.64. The molecule has 0 spiro atoms. The zero-order valence-electron chi connectivity index (χ0n) is 7.63. The average molecular weight is 163 g/mol. The van der Waals surface area contributed by atoms with Crippen LogP contribution in [0.25, 0.3) is 0 Å². The van der Waals surface area contributed by atoms with Gasteiger partial charge < -0.3 is 5.21 Å². The predicted octanol–water partition coefficient (Wildman–Crippen LogP) is 2.50. The molecule has 0 heterocycles. The van der Waals surface area contributed by atoms with E-state index in [4.69, 9.17) is 5.21 Å². The first-order chi connectivity index (χ1) is 5.65. The Labute approximate surface area is 72.5 Å². The SMILES string of the molecule is C/C(=N\O)c1ccc(C)cc1C. The molecular weight excluding hydrogens is 150 g/mol. The molecule has 0 fully saturated rings. The fourth-order valence-electron chi connectivity index (χ4n) is 1.27. The highest BCUT2D eigenvalue weighted by Crippen LogP contribution is 2.11. The molecular formula is C10H13NO. The maximum atomic E-state index is 8.57. The van der Waals surface area contributed by atoms with E-state index in [1.807, 2.05) is 26.0 Å². The molecule has 0 aliphatic heterocycles. The zero-order chi connectivity index (χ0) is 9.14. The van der Waals surface area contributed by atoms with Crippen molar-refractivity contribution < 1.29 is 5.21 Å². The van der Waals surface area contributed by atoms with Crippen LogP contribution in [0.2, 0.25) is 0 Å². The lowest BCUT2D eigenvalue weighted by molar-refractivity contribution is 0.319. The monoisotopic (exact) mass is 163 g/mol. The molecule has 2 heteroatoms. The lowest BCUT2D eigenvalue weighted by atomic mass is 10.0. The molecule has 0 amide bonds. The van der Waals surface area contributed by atoms with Crippen molar-refractivity contribution in [3.05, 3.63) is 34.9 Å². The van der Waals surface area contributed by atoms with Crippen LogP contribution in [0.5, 0.6) is 0 Å². The summed E-state index contributed by atoms with van der Waals surface area (Å²) in [6, 6.07) is 6.06. The van der Waals surface area contributed by atoms with E-state index in [1.165, 1.54) is 5.56 Å². The third-order valence-corrected chi connectivity index (χ3v) is 1.92. The van der Waals surface area contributed by atoms with Gasteiger partial charge in [-0.1, -0.05) is 28.9 Å². The van der Waals surface area contributed by atoms with Gasteiger partial charge in [0.25, 0.3) is 0 Å². The number of oxime groups is 1. The number of nitrogens with zero attached hydrogens (tertiary/aromatic N) is 1. The summed E-state index contributed by atoms with van der Waals surface area (Å²) in [6.07, 6.45) is 0. The van der Waals surface area contributed by atoms with Crippen molar-refractivity contribution >= 4 is 5.71 Å². The second-order valence-electron chi connectivity index (χ2n) is 3.00. The molecule has 12 heavy (non-hydrogen) atoms. The summed E-state index contributed by atoms with van der Waals surface area (Å²) in [4.78, 5) is 0. The summed E-state index contributed by atoms with van der Waals surface area (Å²) in [7, 11) is 0. The number of benzene rings is 1. The van der Waals surface area contributed by atoms with Crippen molar-refractivity contribution in [3.63, 3.8) is 0 Å². The molecule has 2 nitrogen and oxygen atoms in total. The third-order valence-electron chi connectivity index (χ3n) is 1.92. The van der Waals surface area contributed by atoms with Crippen molar-refractivity contribution in [1.82, 2.24) is 0 Å². The van der Waals surface area contributed by atoms with E-state index >= 15 is 0 Å². The maximum Gasteiger partial charge on any atom is 0.0839 e. The first-order valence-electron chi connectivity index (χ1n) is 3.91. The highest BCUT2D eigenvalue weighted by atomic mass is 16.4. The van der Waals surface area contributed by atoms with Crippen LogP contribution in [0, 0.1) is 13.8 Å². The van der Waals surface area contributed by atoms with E-state index in [0.717, 1.165) is 11.1 Å². The summed E-state index contributed by atoms with van der Waals surface area (Å²) in [5, 5.41) is 11.7. The molecule has 0 saturated carbocycles. The summed E-state index contributed by atoms with van der Waals surface area (Å²) in [5.74, 6) is 0. The quantitative estimate of drug-likeness (QED) is 0.385. The lowest BCUT2D eigenvalue weighted by Gasteiger charge is -2.03. The minimum Gasteiger partial charge on any atom is -0.411 e. The fraction of sp³-hybridized carbons (Fsp3) is 0.300. The smallest absolute Gasteiger partial charge is 0.0839 e. The van der Waals surface area contributed by atoms with Crippen LogP contribution in [0.3, 0.4) is 0 Å². The molecule has 0 aromatic heterocycles. The second-order valence-corrected chi connectivity index (χ2v) is 3.00. The van der Waals surface area contributed by atoms with Crippen LogP contribution in [0.1, 0.15) is 23.6 Å². The average Bonchev–Trinajstić information content (AvgIpc) is 2.03. The number of hydrogen-bond acceptors (Lipinski definition) is 2. The van der Waals surface area contributed by atoms with E-state index in [0.29, 0.717) is 5.71 Å². The van der Waals surface area contributed by atoms with E-state index in [1.54, 1.807) is 6.92 Å². The van der Waals surface area contributed by atoms with Crippen LogP contribution in [-0.2, 0) is 0 Å². The van der Waals surface area contributed by atoms with Gasteiger partial charge in [0.2, 0.25) is 0 Å². The molecule has 1 aromatic rings. The first kappa shape index (κ1) is 8.78. The molecule has 1 N–H and O–H groups in total. The van der Waals surface area contributed by atoms with Crippen LogP contribution in [0.15, 0.2) is 23.4 Å². The van der Waals surface area contributed by atoms with E-state index < -0.39 is 0 Å². The number of aryl methyl sites for hydroxylation is 2. The summed E-state index contributed by atoms with van der Waals surface area (Å²) >= 11 is 0. The largest absolute Gasteiger partial charge is 0.411 e. The van der Waals surface area contributed by atoms with Gasteiger partial charge in [0.15, 0.2) is 0 Å². The van der Waals surface area contributed by atoms with Crippen molar-refractivity contribution in [1.29, 1.82) is 0 Å². The first-order valence-corrected chi connectivity index (χ1v) is 3.91.